The zero-order valence-electron chi connectivity index (χ0n) is 9.31. The number of ketones is 1. The van der Waals surface area contributed by atoms with Crippen LogP contribution in [0.15, 0.2) is 12.4 Å². The maximum Gasteiger partial charge on any atom is 0.149 e. The average Bonchev–Trinajstić information content (AvgIpc) is 2.76. The number of aromatic nitrogens is 2. The quantitative estimate of drug-likeness (QED) is 0.741. The van der Waals surface area contributed by atoms with E-state index in [0.29, 0.717) is 5.78 Å². The molecule has 0 radical (unpaired) electrons. The van der Waals surface area contributed by atoms with Gasteiger partial charge in [-0.3, -0.25) is 9.69 Å². The smallest absolute Gasteiger partial charge is 0.149 e. The van der Waals surface area contributed by atoms with Crippen molar-refractivity contribution in [1.29, 1.82) is 0 Å². The largest absolute Gasteiger partial charge is 0.337 e. The molecule has 0 saturated heterocycles. The van der Waals surface area contributed by atoms with E-state index < -0.39 is 0 Å². The maximum atomic E-state index is 11.6. The van der Waals surface area contributed by atoms with Gasteiger partial charge in [0.2, 0.25) is 0 Å². The van der Waals surface area contributed by atoms with Gasteiger partial charge < -0.3 is 4.57 Å². The summed E-state index contributed by atoms with van der Waals surface area (Å²) in [5.41, 5.74) is 0. The molecule has 1 heterocycles. The third-order valence-corrected chi connectivity index (χ3v) is 3.12. The van der Waals surface area contributed by atoms with E-state index in [2.05, 4.69) is 9.88 Å². The Kier molecular flexibility index (Phi) is 2.86. The normalized spacial score (nSPS) is 21.5. The van der Waals surface area contributed by atoms with Crippen LogP contribution in [0.25, 0.3) is 0 Å². The monoisotopic (exact) mass is 207 g/mol. The second-order valence-electron chi connectivity index (χ2n) is 4.24. The minimum atomic E-state index is 0.113. The van der Waals surface area contributed by atoms with Gasteiger partial charge >= 0.3 is 0 Å². The third-order valence-electron chi connectivity index (χ3n) is 3.12. The summed E-state index contributed by atoms with van der Waals surface area (Å²) >= 11 is 0. The Bertz CT molecular complexity index is 358. The van der Waals surface area contributed by atoms with Gasteiger partial charge in [0.15, 0.2) is 0 Å². The van der Waals surface area contributed by atoms with Crippen LogP contribution in [0, 0.1) is 0 Å². The van der Waals surface area contributed by atoms with E-state index in [1.165, 1.54) is 0 Å². The predicted octanol–water partition coefficient (Wildman–Crippen LogP) is 0.974. The molecule has 1 unspecified atom stereocenters. The van der Waals surface area contributed by atoms with Crippen molar-refractivity contribution in [3.63, 3.8) is 0 Å². The fourth-order valence-electron chi connectivity index (χ4n) is 2.15. The topological polar surface area (TPSA) is 38.1 Å². The summed E-state index contributed by atoms with van der Waals surface area (Å²) in [7, 11) is 3.98. The highest BCUT2D eigenvalue weighted by Crippen LogP contribution is 2.20. The highest BCUT2D eigenvalue weighted by atomic mass is 16.1. The van der Waals surface area contributed by atoms with Crippen LogP contribution in [0.5, 0.6) is 0 Å². The molecule has 1 fully saturated rings. The molecule has 0 spiro atoms. The van der Waals surface area contributed by atoms with Crippen LogP contribution in [0.3, 0.4) is 0 Å². The minimum Gasteiger partial charge on any atom is -0.337 e. The van der Waals surface area contributed by atoms with Gasteiger partial charge in [0, 0.05) is 25.9 Å². The van der Waals surface area contributed by atoms with Crippen LogP contribution >= 0.6 is 0 Å². The van der Waals surface area contributed by atoms with Gasteiger partial charge in [-0.2, -0.15) is 0 Å². The number of rotatable bonds is 3. The van der Waals surface area contributed by atoms with Crippen LogP contribution in [0.2, 0.25) is 0 Å². The van der Waals surface area contributed by atoms with E-state index in [0.717, 1.165) is 31.6 Å². The van der Waals surface area contributed by atoms with Crippen LogP contribution in [0.4, 0.5) is 0 Å². The molecule has 1 aliphatic rings. The summed E-state index contributed by atoms with van der Waals surface area (Å²) in [5.74, 6) is 1.39. The first-order valence-corrected chi connectivity index (χ1v) is 5.37. The van der Waals surface area contributed by atoms with Gasteiger partial charge in [-0.25, -0.2) is 4.98 Å². The molecule has 1 aliphatic carbocycles. The number of nitrogens with zero attached hydrogens (tertiary/aromatic N) is 3. The first-order chi connectivity index (χ1) is 7.18. The number of carbonyl (C=O) groups is 1. The summed E-state index contributed by atoms with van der Waals surface area (Å²) in [6, 6.07) is 0.113. The first-order valence-electron chi connectivity index (χ1n) is 5.37. The van der Waals surface area contributed by atoms with E-state index >= 15 is 0 Å². The molecule has 15 heavy (non-hydrogen) atoms. The van der Waals surface area contributed by atoms with Crippen LogP contribution in [0.1, 0.15) is 25.1 Å². The zero-order chi connectivity index (χ0) is 10.8. The van der Waals surface area contributed by atoms with Crippen molar-refractivity contribution in [2.45, 2.75) is 31.8 Å². The molecule has 1 saturated carbocycles. The van der Waals surface area contributed by atoms with Gasteiger partial charge in [0.05, 0.1) is 12.6 Å². The second-order valence-corrected chi connectivity index (χ2v) is 4.24. The summed E-state index contributed by atoms with van der Waals surface area (Å²) in [6.45, 7) is 0.750. The highest BCUT2D eigenvalue weighted by Gasteiger charge is 2.28. The number of imidazole rings is 1. The Morgan fingerprint density at radius 1 is 1.67 bits per heavy atom. The number of likely N-dealkylation sites (N-methyl/N-ethyl adjacent to an activating group) is 1. The number of carbonyl (C=O) groups excluding carboxylic acids is 1. The van der Waals surface area contributed by atoms with E-state index in [4.69, 9.17) is 0 Å². The van der Waals surface area contributed by atoms with Crippen molar-refractivity contribution < 1.29 is 4.79 Å². The molecule has 0 aromatic carbocycles. The van der Waals surface area contributed by atoms with E-state index in [1.54, 1.807) is 6.20 Å². The highest BCUT2D eigenvalue weighted by molar-refractivity contribution is 5.85. The molecule has 4 nitrogen and oxygen atoms in total. The van der Waals surface area contributed by atoms with Gasteiger partial charge in [0.25, 0.3) is 0 Å². The second kappa shape index (κ2) is 4.14. The molecule has 0 bridgehead atoms. The molecule has 2 rings (SSSR count). The van der Waals surface area contributed by atoms with Crippen LogP contribution in [-0.4, -0.2) is 33.3 Å². The fourth-order valence-corrected chi connectivity index (χ4v) is 2.15. The lowest BCUT2D eigenvalue weighted by atomic mass is 10.2. The summed E-state index contributed by atoms with van der Waals surface area (Å²) < 4.78 is 2.00. The van der Waals surface area contributed by atoms with Crippen molar-refractivity contribution in [3.05, 3.63) is 18.2 Å². The van der Waals surface area contributed by atoms with Gasteiger partial charge in [-0.05, 0) is 19.9 Å². The van der Waals surface area contributed by atoms with Crippen molar-refractivity contribution in [2.75, 3.05) is 7.05 Å². The molecule has 1 aromatic rings. The Morgan fingerprint density at radius 3 is 3.00 bits per heavy atom. The minimum absolute atomic E-state index is 0.113. The van der Waals surface area contributed by atoms with E-state index in [-0.39, 0.29) is 6.04 Å². The number of Topliss-reactive ketones (excluding diaryl/α,β-unsaturated/α-hetero) is 1. The first kappa shape index (κ1) is 10.4. The number of hydrogen-bond acceptors (Lipinski definition) is 3. The molecule has 0 N–H and O–H groups in total. The lowest BCUT2D eigenvalue weighted by Crippen LogP contribution is -2.35. The lowest BCUT2D eigenvalue weighted by Gasteiger charge is -2.22. The SMILES string of the molecule is CN(Cc1nccn1C)C1CCCC1=O. The van der Waals surface area contributed by atoms with Crippen molar-refractivity contribution in [2.24, 2.45) is 7.05 Å². The number of aryl methyl sites for hydroxylation is 1. The van der Waals surface area contributed by atoms with E-state index in [1.807, 2.05) is 24.9 Å². The molecule has 1 atom stereocenters. The molecule has 1 aromatic heterocycles. The fraction of sp³-hybridized carbons (Fsp3) is 0.636. The average molecular weight is 207 g/mol. The Balaban J connectivity index is 2.00. The number of hydrogen-bond donors (Lipinski definition) is 0. The van der Waals surface area contributed by atoms with Crippen LogP contribution in [-0.2, 0) is 18.4 Å². The summed E-state index contributed by atoms with van der Waals surface area (Å²) in [6.07, 6.45) is 6.50. The van der Waals surface area contributed by atoms with Crippen LogP contribution < -0.4 is 0 Å². The summed E-state index contributed by atoms with van der Waals surface area (Å²) in [4.78, 5) is 17.9. The Morgan fingerprint density at radius 2 is 2.47 bits per heavy atom. The van der Waals surface area contributed by atoms with E-state index in [9.17, 15) is 4.79 Å². The Labute approximate surface area is 89.9 Å². The lowest BCUT2D eigenvalue weighted by molar-refractivity contribution is -0.121. The molecule has 0 amide bonds. The third kappa shape index (κ3) is 2.09. The molecule has 82 valence electrons. The van der Waals surface area contributed by atoms with Gasteiger partial charge in [0.1, 0.15) is 11.6 Å². The van der Waals surface area contributed by atoms with Crippen molar-refractivity contribution in [1.82, 2.24) is 14.5 Å². The molecule has 4 heteroatoms. The standard InChI is InChI=1S/C11H17N3O/c1-13-7-6-12-11(13)8-14(2)9-4-3-5-10(9)15/h6-7,9H,3-5,8H2,1-2H3. The summed E-state index contributed by atoms with van der Waals surface area (Å²) in [5, 5.41) is 0. The van der Waals surface area contributed by atoms with Gasteiger partial charge in [-0.15, -0.1) is 0 Å². The van der Waals surface area contributed by atoms with Crippen molar-refractivity contribution in [3.8, 4) is 0 Å². The molecular formula is C11H17N3O. The maximum absolute atomic E-state index is 11.6. The predicted molar refractivity (Wildman–Crippen MR) is 57.3 cm³/mol. The Hall–Kier alpha value is -1.16. The zero-order valence-corrected chi connectivity index (χ0v) is 9.31. The van der Waals surface area contributed by atoms with Crippen molar-refractivity contribution >= 4 is 5.78 Å². The van der Waals surface area contributed by atoms with Gasteiger partial charge in [-0.1, -0.05) is 0 Å². The molecular weight excluding hydrogens is 190 g/mol. The molecule has 0 aliphatic heterocycles.